The van der Waals surface area contributed by atoms with Gasteiger partial charge in [0, 0.05) is 42.7 Å². The van der Waals surface area contributed by atoms with E-state index in [1.165, 1.54) is 0 Å². The van der Waals surface area contributed by atoms with Gasteiger partial charge in [-0.3, -0.25) is 0 Å². The number of rotatable bonds is 10. The van der Waals surface area contributed by atoms with E-state index in [9.17, 15) is 0 Å². The number of ether oxygens (including phenoxy) is 6. The molecule has 1 rings (SSSR count). The molecule has 8 heteroatoms. The minimum Gasteiger partial charge on any atom is -0.373 e. The average Bonchev–Trinajstić information content (AvgIpc) is 2.71. The van der Waals surface area contributed by atoms with Crippen molar-refractivity contribution in [1.82, 2.24) is 0 Å². The van der Waals surface area contributed by atoms with Crippen LogP contribution < -0.4 is 0 Å². The van der Waals surface area contributed by atoms with Crippen LogP contribution in [-0.2, 0) is 38.9 Å². The highest BCUT2D eigenvalue weighted by Crippen LogP contribution is 2.40. The van der Waals surface area contributed by atoms with E-state index in [4.69, 9.17) is 28.4 Å². The first-order chi connectivity index (χ1) is 12.1. The van der Waals surface area contributed by atoms with Gasteiger partial charge in [-0.15, -0.1) is 0 Å². The van der Waals surface area contributed by atoms with E-state index in [1.54, 1.807) is 42.7 Å². The summed E-state index contributed by atoms with van der Waals surface area (Å²) in [5.74, 6) is -1.77. The summed E-state index contributed by atoms with van der Waals surface area (Å²) in [4.78, 5) is 0. The molecule has 0 aliphatic heterocycles. The zero-order valence-corrected chi connectivity index (χ0v) is 21.8. The lowest BCUT2D eigenvalue weighted by Gasteiger charge is -2.45. The molecule has 0 amide bonds. The standard InChI is InChI=1S/C18H34O6Si2/c1-15(19-3,20-4)17(25,23-7)13-9-11-14(12-10-13)18(26,24-8)16(2,21-5)22-6/h9-12H,1-8,25-26H3. The Morgan fingerprint density at radius 3 is 0.923 bits per heavy atom. The molecule has 6 nitrogen and oxygen atoms in total. The first-order valence-electron chi connectivity index (χ1n) is 8.50. The van der Waals surface area contributed by atoms with Crippen LogP contribution in [0.2, 0.25) is 0 Å². The Bertz CT molecular complexity index is 523. The monoisotopic (exact) mass is 402 g/mol. The van der Waals surface area contributed by atoms with Crippen LogP contribution in [-0.4, -0.2) is 74.7 Å². The smallest absolute Gasteiger partial charge is 0.194 e. The highest BCUT2D eigenvalue weighted by atomic mass is 28.1. The molecule has 2 unspecified atom stereocenters. The second-order valence-electron chi connectivity index (χ2n) is 6.76. The maximum Gasteiger partial charge on any atom is 0.194 e. The lowest BCUT2D eigenvalue weighted by atomic mass is 9.95. The van der Waals surface area contributed by atoms with Gasteiger partial charge in [-0.1, -0.05) is 24.3 Å². The molecular formula is C18H34O6Si2. The summed E-state index contributed by atoms with van der Waals surface area (Å²) in [6.45, 7) is 3.77. The van der Waals surface area contributed by atoms with Crippen molar-refractivity contribution >= 4 is 20.5 Å². The average molecular weight is 403 g/mol. The fourth-order valence-electron chi connectivity index (χ4n) is 3.18. The quantitative estimate of drug-likeness (QED) is 0.407. The molecule has 2 atom stereocenters. The van der Waals surface area contributed by atoms with Gasteiger partial charge in [0.1, 0.15) is 10.4 Å². The first kappa shape index (κ1) is 23.5. The van der Waals surface area contributed by atoms with Gasteiger partial charge in [-0.25, -0.2) is 0 Å². The van der Waals surface area contributed by atoms with Crippen molar-refractivity contribution in [1.29, 1.82) is 0 Å². The maximum absolute atomic E-state index is 5.87. The number of benzene rings is 1. The molecule has 1 aromatic carbocycles. The molecule has 0 aliphatic carbocycles. The van der Waals surface area contributed by atoms with Gasteiger partial charge >= 0.3 is 0 Å². The molecule has 0 radical (unpaired) electrons. The van der Waals surface area contributed by atoms with E-state index in [1.807, 2.05) is 38.1 Å². The number of hydrogen-bond donors (Lipinski definition) is 0. The van der Waals surface area contributed by atoms with Gasteiger partial charge in [0.2, 0.25) is 0 Å². The molecule has 0 fully saturated rings. The summed E-state index contributed by atoms with van der Waals surface area (Å²) >= 11 is 0. The van der Waals surface area contributed by atoms with Crippen LogP contribution in [0.4, 0.5) is 0 Å². The summed E-state index contributed by atoms with van der Waals surface area (Å²) in [6.07, 6.45) is 0. The zero-order chi connectivity index (χ0) is 20.2. The highest BCUT2D eigenvalue weighted by molar-refractivity contribution is 6.16. The van der Waals surface area contributed by atoms with Crippen molar-refractivity contribution in [3.63, 3.8) is 0 Å². The summed E-state index contributed by atoms with van der Waals surface area (Å²) in [5.41, 5.74) is 1.97. The minimum atomic E-state index is -0.887. The lowest BCUT2D eigenvalue weighted by molar-refractivity contribution is -0.275. The first-order valence-corrected chi connectivity index (χ1v) is 10.5. The summed E-state index contributed by atoms with van der Waals surface area (Å²) in [5, 5.41) is -1.33. The fraction of sp³-hybridized carbons (Fsp3) is 0.667. The Kier molecular flexibility index (Phi) is 7.77. The van der Waals surface area contributed by atoms with Gasteiger partial charge < -0.3 is 28.4 Å². The lowest BCUT2D eigenvalue weighted by Crippen LogP contribution is -2.55. The van der Waals surface area contributed by atoms with E-state index >= 15 is 0 Å². The Hall–Kier alpha value is -0.586. The number of hydrogen-bond acceptors (Lipinski definition) is 6. The molecule has 0 spiro atoms. The molecule has 0 N–H and O–H groups in total. The van der Waals surface area contributed by atoms with Crippen molar-refractivity contribution in [2.75, 3.05) is 42.7 Å². The van der Waals surface area contributed by atoms with Crippen LogP contribution in [0.3, 0.4) is 0 Å². The van der Waals surface area contributed by atoms with Crippen molar-refractivity contribution < 1.29 is 28.4 Å². The van der Waals surface area contributed by atoms with E-state index in [0.717, 1.165) is 11.1 Å². The summed E-state index contributed by atoms with van der Waals surface area (Å²) < 4.78 is 34.3. The fourth-order valence-corrected chi connectivity index (χ4v) is 4.67. The third-order valence-electron chi connectivity index (χ3n) is 6.09. The summed E-state index contributed by atoms with van der Waals surface area (Å²) in [7, 11) is 11.2. The van der Waals surface area contributed by atoms with Gasteiger partial charge in [-0.05, 0) is 25.0 Å². The van der Waals surface area contributed by atoms with Crippen LogP contribution >= 0.6 is 0 Å². The molecule has 1 aromatic rings. The molecule has 0 aliphatic rings. The summed E-state index contributed by atoms with van der Waals surface area (Å²) in [6, 6.07) is 8.11. The molecular weight excluding hydrogens is 368 g/mol. The van der Waals surface area contributed by atoms with Crippen LogP contribution in [0.1, 0.15) is 25.0 Å². The van der Waals surface area contributed by atoms with Crippen LogP contribution in [0, 0.1) is 0 Å². The third-order valence-corrected chi connectivity index (χ3v) is 9.88. The minimum absolute atomic E-state index is 0.665. The molecule has 150 valence electrons. The molecule has 0 aromatic heterocycles. The second kappa shape index (κ2) is 8.62. The number of methoxy groups -OCH3 is 6. The molecule has 0 heterocycles. The van der Waals surface area contributed by atoms with Crippen molar-refractivity contribution in [3.8, 4) is 0 Å². The molecule has 26 heavy (non-hydrogen) atoms. The normalized spacial score (nSPS) is 17.8. The molecule has 0 bridgehead atoms. The van der Waals surface area contributed by atoms with Gasteiger partial charge in [0.05, 0.1) is 20.5 Å². The maximum atomic E-state index is 5.87. The predicted molar refractivity (Wildman–Crippen MR) is 109 cm³/mol. The van der Waals surface area contributed by atoms with Crippen molar-refractivity contribution in [2.24, 2.45) is 0 Å². The Balaban J connectivity index is 3.42. The van der Waals surface area contributed by atoms with Crippen LogP contribution in [0.15, 0.2) is 24.3 Å². The zero-order valence-electron chi connectivity index (χ0n) is 17.8. The van der Waals surface area contributed by atoms with Crippen LogP contribution in [0.5, 0.6) is 0 Å². The largest absolute Gasteiger partial charge is 0.373 e. The van der Waals surface area contributed by atoms with E-state index < -0.39 is 22.0 Å². The van der Waals surface area contributed by atoms with Crippen molar-refractivity contribution in [2.45, 2.75) is 35.9 Å². The molecule has 0 saturated carbocycles. The van der Waals surface area contributed by atoms with Crippen LogP contribution in [0.25, 0.3) is 0 Å². The third kappa shape index (κ3) is 3.57. The van der Waals surface area contributed by atoms with E-state index in [0.29, 0.717) is 20.5 Å². The predicted octanol–water partition coefficient (Wildman–Crippen LogP) is 0.0338. The second-order valence-corrected chi connectivity index (χ2v) is 9.58. The van der Waals surface area contributed by atoms with E-state index in [2.05, 4.69) is 0 Å². The Labute approximate surface area is 163 Å². The topological polar surface area (TPSA) is 55.4 Å². The Morgan fingerprint density at radius 1 is 0.538 bits per heavy atom. The van der Waals surface area contributed by atoms with E-state index in [-0.39, 0.29) is 0 Å². The SMILES string of the molecule is COC(C)(OC)C([SiH3])(OC)c1ccc(C([SiH3])(OC)C(C)(OC)OC)cc1. The highest BCUT2D eigenvalue weighted by Gasteiger charge is 2.49. The Morgan fingerprint density at radius 2 is 0.769 bits per heavy atom. The van der Waals surface area contributed by atoms with Gasteiger partial charge in [-0.2, -0.15) is 0 Å². The molecule has 0 saturated heterocycles. The van der Waals surface area contributed by atoms with Gasteiger partial charge in [0.25, 0.3) is 0 Å². The van der Waals surface area contributed by atoms with Crippen molar-refractivity contribution in [3.05, 3.63) is 35.4 Å². The van der Waals surface area contributed by atoms with Gasteiger partial charge in [0.15, 0.2) is 11.6 Å².